The molecule has 1 aromatic heterocycles. The van der Waals surface area contributed by atoms with Crippen molar-refractivity contribution in [2.24, 2.45) is 0 Å². The number of aromatic nitrogens is 2. The molecule has 2 aliphatic rings. The molecule has 8 nitrogen and oxygen atoms in total. The normalized spacial score (nSPS) is 28.9. The second-order valence-corrected chi connectivity index (χ2v) is 7.93. The van der Waals surface area contributed by atoms with Gasteiger partial charge in [0.05, 0.1) is 6.61 Å². The Kier molecular flexibility index (Phi) is 5.99. The second-order valence-electron chi connectivity index (χ2n) is 7.55. The number of aliphatic hydroxyl groups is 1. The Labute approximate surface area is 163 Å². The Balaban J connectivity index is 1.85. The number of nitrogens with one attached hydrogen (secondary N) is 2. The van der Waals surface area contributed by atoms with Gasteiger partial charge in [0.15, 0.2) is 16.8 Å². The molecule has 3 rings (SSSR count). The third-order valence-electron chi connectivity index (χ3n) is 4.59. The van der Waals surface area contributed by atoms with E-state index in [2.05, 4.69) is 10.3 Å². The van der Waals surface area contributed by atoms with Crippen LogP contribution in [0.5, 0.6) is 0 Å². The molecule has 1 unspecified atom stereocenters. The number of allylic oxidation sites excluding steroid dienone is 1. The molecule has 2 saturated heterocycles. The van der Waals surface area contributed by atoms with E-state index in [1.807, 2.05) is 33.8 Å². The van der Waals surface area contributed by atoms with Gasteiger partial charge in [0.1, 0.15) is 18.3 Å². The van der Waals surface area contributed by atoms with Crippen LogP contribution in [0.4, 0.5) is 0 Å². The summed E-state index contributed by atoms with van der Waals surface area (Å²) in [7, 11) is 0. The number of aromatic amines is 1. The van der Waals surface area contributed by atoms with Crippen molar-refractivity contribution in [3.63, 3.8) is 0 Å². The van der Waals surface area contributed by atoms with Crippen molar-refractivity contribution in [2.45, 2.75) is 64.6 Å². The summed E-state index contributed by atoms with van der Waals surface area (Å²) in [5, 5.41) is 12.8. The average Bonchev–Trinajstić information content (AvgIpc) is 3.06. The van der Waals surface area contributed by atoms with Crippen molar-refractivity contribution < 1.29 is 19.3 Å². The lowest BCUT2D eigenvalue weighted by Crippen LogP contribution is -2.31. The van der Waals surface area contributed by atoms with Crippen LogP contribution in [0.3, 0.4) is 0 Å². The first kappa shape index (κ1) is 20.4. The van der Waals surface area contributed by atoms with Crippen LogP contribution in [0.2, 0.25) is 0 Å². The molecular weight excluding hydrogens is 370 g/mol. The van der Waals surface area contributed by atoms with Gasteiger partial charge in [-0.3, -0.25) is 14.3 Å². The van der Waals surface area contributed by atoms with Gasteiger partial charge in [-0.25, -0.2) is 0 Å². The molecule has 0 spiro atoms. The molecule has 0 aromatic carbocycles. The van der Waals surface area contributed by atoms with Crippen LogP contribution in [0.25, 0.3) is 0 Å². The Morgan fingerprint density at radius 1 is 1.41 bits per heavy atom. The number of ether oxygens (including phenoxy) is 3. The number of nitrogens with zero attached hydrogens (tertiary/aromatic N) is 1. The summed E-state index contributed by atoms with van der Waals surface area (Å²) in [4.78, 5) is 15.0. The highest BCUT2D eigenvalue weighted by atomic mass is 32.1. The van der Waals surface area contributed by atoms with Crippen LogP contribution in [0, 0.1) is 4.77 Å². The predicted octanol–water partition coefficient (Wildman–Crippen LogP) is 1.37. The number of hydrogen-bond donors (Lipinski definition) is 3. The summed E-state index contributed by atoms with van der Waals surface area (Å²) in [5.41, 5.74) is 1.50. The Bertz CT molecular complexity index is 827. The Morgan fingerprint density at radius 3 is 2.78 bits per heavy atom. The van der Waals surface area contributed by atoms with Crippen molar-refractivity contribution in [2.75, 3.05) is 13.2 Å². The van der Waals surface area contributed by atoms with Crippen LogP contribution in [-0.2, 0) is 20.8 Å². The zero-order chi connectivity index (χ0) is 19.8. The quantitative estimate of drug-likeness (QED) is 0.379. The van der Waals surface area contributed by atoms with Gasteiger partial charge in [-0.1, -0.05) is 11.6 Å². The van der Waals surface area contributed by atoms with Gasteiger partial charge < -0.3 is 24.6 Å². The number of hydrogen-bond acceptors (Lipinski definition) is 7. The molecule has 3 heterocycles. The lowest BCUT2D eigenvalue weighted by Gasteiger charge is -2.25. The second kappa shape index (κ2) is 7.94. The molecule has 1 aromatic rings. The fourth-order valence-electron chi connectivity index (χ4n) is 3.36. The minimum atomic E-state index is -0.774. The van der Waals surface area contributed by atoms with Crippen molar-refractivity contribution in [1.29, 1.82) is 0 Å². The van der Waals surface area contributed by atoms with Gasteiger partial charge >= 0.3 is 0 Å². The molecule has 27 heavy (non-hydrogen) atoms. The minimum Gasteiger partial charge on any atom is -0.394 e. The number of rotatable bonds is 6. The van der Waals surface area contributed by atoms with E-state index in [1.54, 1.807) is 10.8 Å². The first-order valence-electron chi connectivity index (χ1n) is 9.02. The van der Waals surface area contributed by atoms with E-state index < -0.39 is 30.3 Å². The zero-order valence-electron chi connectivity index (χ0n) is 16.0. The third-order valence-corrected chi connectivity index (χ3v) is 4.90. The molecule has 2 fully saturated rings. The summed E-state index contributed by atoms with van der Waals surface area (Å²) < 4.78 is 19.7. The first-order chi connectivity index (χ1) is 12.7. The van der Waals surface area contributed by atoms with E-state index in [-0.39, 0.29) is 16.9 Å². The number of aliphatic hydroxyl groups excluding tert-OH is 1. The molecule has 9 heteroatoms. The van der Waals surface area contributed by atoms with E-state index in [9.17, 15) is 9.90 Å². The monoisotopic (exact) mass is 397 g/mol. The van der Waals surface area contributed by atoms with Crippen molar-refractivity contribution in [3.05, 3.63) is 38.5 Å². The van der Waals surface area contributed by atoms with Crippen LogP contribution in [-0.4, -0.2) is 51.9 Å². The van der Waals surface area contributed by atoms with Crippen LogP contribution < -0.4 is 10.9 Å². The highest BCUT2D eigenvalue weighted by Gasteiger charge is 2.55. The maximum atomic E-state index is 12.3. The molecule has 0 bridgehead atoms. The largest absolute Gasteiger partial charge is 0.394 e. The third kappa shape index (κ3) is 4.39. The summed E-state index contributed by atoms with van der Waals surface area (Å²) >= 11 is 5.34. The number of fused-ring (bicyclic) bond motifs is 1. The first-order valence-corrected chi connectivity index (χ1v) is 9.43. The molecule has 0 radical (unpaired) electrons. The van der Waals surface area contributed by atoms with E-state index in [0.29, 0.717) is 18.7 Å². The zero-order valence-corrected chi connectivity index (χ0v) is 16.8. The van der Waals surface area contributed by atoms with Crippen molar-refractivity contribution in [3.8, 4) is 0 Å². The van der Waals surface area contributed by atoms with E-state index in [1.165, 1.54) is 5.57 Å². The van der Waals surface area contributed by atoms with Gasteiger partial charge in [0.25, 0.3) is 5.56 Å². The molecule has 150 valence electrons. The Hall–Kier alpha value is -1.36. The summed E-state index contributed by atoms with van der Waals surface area (Å²) in [6.07, 6.45) is 1.80. The molecule has 0 amide bonds. The van der Waals surface area contributed by atoms with E-state index >= 15 is 0 Å². The van der Waals surface area contributed by atoms with Gasteiger partial charge in [0, 0.05) is 24.8 Å². The lowest BCUT2D eigenvalue weighted by atomic mass is 10.1. The molecule has 3 N–H and O–H groups in total. The van der Waals surface area contributed by atoms with Gasteiger partial charge in [-0.05, 0) is 39.9 Å². The van der Waals surface area contributed by atoms with E-state index in [4.69, 9.17) is 26.4 Å². The number of H-pyrrole nitrogens is 1. The van der Waals surface area contributed by atoms with Crippen LogP contribution in [0.15, 0.2) is 22.6 Å². The average molecular weight is 397 g/mol. The molecule has 0 aliphatic carbocycles. The molecule has 2 aliphatic heterocycles. The fraction of sp³-hybridized carbons (Fsp3) is 0.667. The summed E-state index contributed by atoms with van der Waals surface area (Å²) in [6, 6.07) is 0. The van der Waals surface area contributed by atoms with Gasteiger partial charge in [-0.2, -0.15) is 0 Å². The summed E-state index contributed by atoms with van der Waals surface area (Å²) in [6.45, 7) is 8.55. The van der Waals surface area contributed by atoms with Crippen molar-refractivity contribution >= 4 is 12.2 Å². The maximum Gasteiger partial charge on any atom is 0.256 e. The van der Waals surface area contributed by atoms with Crippen LogP contribution in [0.1, 0.15) is 39.5 Å². The minimum absolute atomic E-state index is 0.190. The SMILES string of the molecule is CC(C)=CCNCc1cn([C@@H]2O[C@H](CO)[C@@H]3OC(C)(C)OC32)c(=S)[nH]c1=O. The Morgan fingerprint density at radius 2 is 2.11 bits per heavy atom. The molecular formula is C18H27N3O5S. The molecule has 4 atom stereocenters. The van der Waals surface area contributed by atoms with Gasteiger partial charge in [-0.15, -0.1) is 0 Å². The van der Waals surface area contributed by atoms with Gasteiger partial charge in [0.2, 0.25) is 0 Å². The predicted molar refractivity (Wildman–Crippen MR) is 102 cm³/mol. The summed E-state index contributed by atoms with van der Waals surface area (Å²) in [5.74, 6) is -0.774. The van der Waals surface area contributed by atoms with E-state index in [0.717, 1.165) is 0 Å². The smallest absolute Gasteiger partial charge is 0.256 e. The van der Waals surface area contributed by atoms with Crippen molar-refractivity contribution in [1.82, 2.24) is 14.9 Å². The standard InChI is InChI=1S/C18H27N3O5S/c1-10(2)5-6-19-7-11-8-21(17(27)20-15(11)23)16-14-13(12(9-22)24-16)25-18(3,4)26-14/h5,8,12-14,16,19,22H,6-7,9H2,1-4H3,(H,20,23,27)/t12-,13+,14?,16-/m1/s1. The highest BCUT2D eigenvalue weighted by Crippen LogP contribution is 2.42. The lowest BCUT2D eigenvalue weighted by molar-refractivity contribution is -0.200. The topological polar surface area (TPSA) is 97.7 Å². The maximum absolute atomic E-state index is 12.3. The molecule has 0 saturated carbocycles. The highest BCUT2D eigenvalue weighted by molar-refractivity contribution is 7.71. The van der Waals surface area contributed by atoms with Crippen LogP contribution >= 0.6 is 12.2 Å². The fourth-order valence-corrected chi connectivity index (χ4v) is 3.60.